The van der Waals surface area contributed by atoms with E-state index in [0.29, 0.717) is 36.6 Å². The summed E-state index contributed by atoms with van der Waals surface area (Å²) >= 11 is 0. The van der Waals surface area contributed by atoms with Gasteiger partial charge in [0.1, 0.15) is 11.9 Å². The van der Waals surface area contributed by atoms with E-state index >= 15 is 0 Å². The smallest absolute Gasteiger partial charge is 0.243 e. The van der Waals surface area contributed by atoms with Gasteiger partial charge in [-0.15, -0.1) is 0 Å². The van der Waals surface area contributed by atoms with Gasteiger partial charge in [0.2, 0.25) is 10.0 Å². The number of halogens is 1. The van der Waals surface area contributed by atoms with E-state index in [1.54, 1.807) is 24.3 Å². The Morgan fingerprint density at radius 1 is 1.00 bits per heavy atom. The molecule has 0 amide bonds. The number of rotatable bonds is 4. The molecule has 0 spiro atoms. The highest BCUT2D eigenvalue weighted by Gasteiger charge is 2.31. The van der Waals surface area contributed by atoms with Crippen molar-refractivity contribution in [3.8, 4) is 6.07 Å². The van der Waals surface area contributed by atoms with Gasteiger partial charge in [-0.05, 0) is 54.8 Å². The molecule has 0 N–H and O–H groups in total. The molecule has 0 aliphatic carbocycles. The summed E-state index contributed by atoms with van der Waals surface area (Å²) in [6, 6.07) is 12.7. The van der Waals surface area contributed by atoms with E-state index in [1.165, 1.54) is 16.4 Å². The highest BCUT2D eigenvalue weighted by atomic mass is 32.2. The summed E-state index contributed by atoms with van der Waals surface area (Å²) in [5.41, 5.74) is 2.70. The molecule has 0 aromatic heterocycles. The van der Waals surface area contributed by atoms with Crippen LogP contribution in [0.25, 0.3) is 0 Å². The van der Waals surface area contributed by atoms with E-state index in [4.69, 9.17) is 0 Å². The molecule has 1 aliphatic heterocycles. The molecule has 1 aliphatic rings. The quantitative estimate of drug-likeness (QED) is 0.809. The molecule has 1 atom stereocenters. The van der Waals surface area contributed by atoms with E-state index in [-0.39, 0.29) is 5.82 Å². The molecule has 3 rings (SSSR count). The molecule has 0 radical (unpaired) electrons. The summed E-state index contributed by atoms with van der Waals surface area (Å²) in [5.74, 6) is -0.347. The van der Waals surface area contributed by atoms with Crippen molar-refractivity contribution in [2.24, 2.45) is 0 Å². The third-order valence-corrected chi connectivity index (χ3v) is 6.96. The Bertz CT molecular complexity index is 960. The average molecular weight is 387 g/mol. The van der Waals surface area contributed by atoms with Crippen LogP contribution in [0.1, 0.15) is 22.7 Å². The van der Waals surface area contributed by atoms with Crippen molar-refractivity contribution in [1.29, 1.82) is 5.26 Å². The third-order valence-electron chi connectivity index (χ3n) is 5.06. The van der Waals surface area contributed by atoms with Gasteiger partial charge in [-0.1, -0.05) is 18.2 Å². The first-order valence-corrected chi connectivity index (χ1v) is 10.2. The first-order chi connectivity index (χ1) is 12.8. The molecule has 0 bridgehead atoms. The number of nitriles is 1. The topological polar surface area (TPSA) is 64.4 Å². The lowest BCUT2D eigenvalue weighted by atomic mass is 10.1. The highest BCUT2D eigenvalue weighted by Crippen LogP contribution is 2.25. The summed E-state index contributed by atoms with van der Waals surface area (Å²) in [4.78, 5) is 2.23. The van der Waals surface area contributed by atoms with Crippen LogP contribution in [0.3, 0.4) is 0 Å². The van der Waals surface area contributed by atoms with Gasteiger partial charge in [-0.25, -0.2) is 12.8 Å². The lowest BCUT2D eigenvalue weighted by Gasteiger charge is -2.36. The van der Waals surface area contributed by atoms with Crippen molar-refractivity contribution < 1.29 is 12.8 Å². The Morgan fingerprint density at radius 3 is 2.19 bits per heavy atom. The summed E-state index contributed by atoms with van der Waals surface area (Å²) in [5, 5.41) is 9.54. The van der Waals surface area contributed by atoms with E-state index in [2.05, 4.69) is 6.07 Å². The molecular formula is C20H22FN3O2S. The van der Waals surface area contributed by atoms with E-state index in [9.17, 15) is 18.1 Å². The monoisotopic (exact) mass is 387 g/mol. The minimum absolute atomic E-state index is 0.300. The molecule has 142 valence electrons. The number of benzene rings is 2. The fourth-order valence-corrected chi connectivity index (χ4v) is 4.75. The first-order valence-electron chi connectivity index (χ1n) is 8.79. The summed E-state index contributed by atoms with van der Waals surface area (Å²) in [7, 11) is -3.55. The van der Waals surface area contributed by atoms with Crippen LogP contribution in [0.2, 0.25) is 0 Å². The number of piperazine rings is 1. The standard InChI is InChI=1S/C20H22FN3O2S/c1-15-3-8-19(13-16(15)2)27(25,26)24-11-9-23(10-12-24)20(14-22)17-4-6-18(21)7-5-17/h3-8,13,20H,9-12H2,1-2H3/t20-/m0/s1. The Kier molecular flexibility index (Phi) is 5.61. The molecule has 27 heavy (non-hydrogen) atoms. The number of sulfonamides is 1. The molecule has 0 unspecified atom stereocenters. The maximum atomic E-state index is 13.1. The molecule has 2 aromatic rings. The van der Waals surface area contributed by atoms with Gasteiger partial charge < -0.3 is 0 Å². The summed E-state index contributed by atoms with van der Waals surface area (Å²) < 4.78 is 40.4. The molecule has 5 nitrogen and oxygen atoms in total. The Balaban J connectivity index is 1.73. The second kappa shape index (κ2) is 7.77. The summed E-state index contributed by atoms with van der Waals surface area (Å²) in [6.45, 7) is 5.36. The number of hydrogen-bond acceptors (Lipinski definition) is 4. The molecule has 1 heterocycles. The largest absolute Gasteiger partial charge is 0.282 e. The zero-order valence-corrected chi connectivity index (χ0v) is 16.2. The molecular weight excluding hydrogens is 365 g/mol. The van der Waals surface area contributed by atoms with E-state index in [1.807, 2.05) is 24.8 Å². The third kappa shape index (κ3) is 4.03. The maximum absolute atomic E-state index is 13.1. The van der Waals surface area contributed by atoms with E-state index in [0.717, 1.165) is 11.1 Å². The van der Waals surface area contributed by atoms with Gasteiger partial charge in [0.05, 0.1) is 11.0 Å². The fraction of sp³-hybridized carbons (Fsp3) is 0.350. The van der Waals surface area contributed by atoms with Crippen molar-refractivity contribution >= 4 is 10.0 Å². The van der Waals surface area contributed by atoms with E-state index < -0.39 is 16.1 Å². The Morgan fingerprint density at radius 2 is 1.63 bits per heavy atom. The zero-order chi connectivity index (χ0) is 19.6. The van der Waals surface area contributed by atoms with Crippen LogP contribution >= 0.6 is 0 Å². The van der Waals surface area contributed by atoms with Crippen LogP contribution in [-0.2, 0) is 10.0 Å². The predicted octanol–water partition coefficient (Wildman–Crippen LogP) is 3.01. The van der Waals surface area contributed by atoms with Crippen molar-refractivity contribution in [3.05, 3.63) is 65.0 Å². The van der Waals surface area contributed by atoms with Crippen LogP contribution in [0.5, 0.6) is 0 Å². The van der Waals surface area contributed by atoms with Gasteiger partial charge in [0.25, 0.3) is 0 Å². The molecule has 1 saturated heterocycles. The number of aryl methyl sites for hydroxylation is 2. The number of nitrogens with zero attached hydrogens (tertiary/aromatic N) is 3. The van der Waals surface area contributed by atoms with Crippen molar-refractivity contribution in [2.45, 2.75) is 24.8 Å². The number of hydrogen-bond donors (Lipinski definition) is 0. The van der Waals surface area contributed by atoms with Gasteiger partial charge >= 0.3 is 0 Å². The van der Waals surface area contributed by atoms with Crippen molar-refractivity contribution in [3.63, 3.8) is 0 Å². The minimum Gasteiger partial charge on any atom is -0.282 e. The van der Waals surface area contributed by atoms with Crippen LogP contribution in [0, 0.1) is 31.0 Å². The highest BCUT2D eigenvalue weighted by molar-refractivity contribution is 7.89. The van der Waals surface area contributed by atoms with Crippen LogP contribution in [0.15, 0.2) is 47.4 Å². The lowest BCUT2D eigenvalue weighted by Crippen LogP contribution is -2.49. The van der Waals surface area contributed by atoms with Gasteiger partial charge in [0.15, 0.2) is 0 Å². The van der Waals surface area contributed by atoms with Crippen LogP contribution in [0.4, 0.5) is 4.39 Å². The summed E-state index contributed by atoms with van der Waals surface area (Å²) in [6.07, 6.45) is 0. The van der Waals surface area contributed by atoms with Gasteiger partial charge in [-0.2, -0.15) is 9.57 Å². The van der Waals surface area contributed by atoms with Crippen LogP contribution < -0.4 is 0 Å². The normalized spacial score (nSPS) is 17.4. The second-order valence-corrected chi connectivity index (χ2v) is 8.71. The van der Waals surface area contributed by atoms with Gasteiger partial charge in [0, 0.05) is 26.2 Å². The van der Waals surface area contributed by atoms with Crippen LogP contribution in [-0.4, -0.2) is 43.8 Å². The molecule has 2 aromatic carbocycles. The fourth-order valence-electron chi connectivity index (χ4n) is 3.24. The maximum Gasteiger partial charge on any atom is 0.243 e. The predicted molar refractivity (Wildman–Crippen MR) is 101 cm³/mol. The SMILES string of the molecule is Cc1ccc(S(=O)(=O)N2CCN([C@@H](C#N)c3ccc(F)cc3)CC2)cc1C. The zero-order valence-electron chi connectivity index (χ0n) is 15.4. The Hall–Kier alpha value is -2.27. The molecule has 7 heteroatoms. The second-order valence-electron chi connectivity index (χ2n) is 6.77. The van der Waals surface area contributed by atoms with Crippen molar-refractivity contribution in [1.82, 2.24) is 9.21 Å². The minimum atomic E-state index is -3.55. The molecule has 1 fully saturated rings. The first kappa shape index (κ1) is 19.5. The Labute approximate surface area is 159 Å². The lowest BCUT2D eigenvalue weighted by molar-refractivity contribution is 0.162. The van der Waals surface area contributed by atoms with Gasteiger partial charge in [-0.3, -0.25) is 4.90 Å². The average Bonchev–Trinajstić information content (AvgIpc) is 2.66. The molecule has 0 saturated carbocycles. The van der Waals surface area contributed by atoms with Crippen molar-refractivity contribution in [2.75, 3.05) is 26.2 Å².